The fourth-order valence-electron chi connectivity index (χ4n) is 2.95. The van der Waals surface area contributed by atoms with Gasteiger partial charge in [-0.05, 0) is 29.2 Å². The second-order valence-electron chi connectivity index (χ2n) is 6.25. The van der Waals surface area contributed by atoms with Gasteiger partial charge in [-0.1, -0.05) is 42.5 Å². The van der Waals surface area contributed by atoms with Gasteiger partial charge in [0.25, 0.3) is 0 Å². The third kappa shape index (κ3) is 5.49. The Kier molecular flexibility index (Phi) is 6.90. The van der Waals surface area contributed by atoms with Crippen LogP contribution in [0.4, 0.5) is 0 Å². The van der Waals surface area contributed by atoms with Gasteiger partial charge in [-0.25, -0.2) is 0 Å². The second-order valence-corrected chi connectivity index (χ2v) is 6.25. The van der Waals surface area contributed by atoms with Crippen molar-refractivity contribution >= 4 is 5.96 Å². The number of aliphatic imine (C=N–C) groups is 1. The maximum absolute atomic E-state index is 5.67. The summed E-state index contributed by atoms with van der Waals surface area (Å²) in [4.78, 5) is 4.25. The lowest BCUT2D eigenvalue weighted by atomic mass is 10.1. The quantitative estimate of drug-likeness (QED) is 0.435. The summed E-state index contributed by atoms with van der Waals surface area (Å²) in [7, 11) is 1.78. The van der Waals surface area contributed by atoms with Gasteiger partial charge in [0.2, 0.25) is 0 Å². The Bertz CT molecular complexity index is 716. The first kappa shape index (κ1) is 18.3. The molecular weight excluding hydrogens is 326 g/mol. The van der Waals surface area contributed by atoms with Crippen molar-refractivity contribution in [3.05, 3.63) is 65.2 Å². The van der Waals surface area contributed by atoms with E-state index in [0.717, 1.165) is 44.2 Å². The van der Waals surface area contributed by atoms with Crippen molar-refractivity contribution < 1.29 is 9.47 Å². The summed E-state index contributed by atoms with van der Waals surface area (Å²) in [6, 6.07) is 16.7. The molecule has 0 aliphatic carbocycles. The van der Waals surface area contributed by atoms with Gasteiger partial charge in [0, 0.05) is 26.6 Å². The van der Waals surface area contributed by atoms with Crippen LogP contribution >= 0.6 is 0 Å². The Morgan fingerprint density at radius 2 is 1.92 bits per heavy atom. The van der Waals surface area contributed by atoms with Crippen molar-refractivity contribution in [3.63, 3.8) is 0 Å². The first-order valence-electron chi connectivity index (χ1n) is 9.16. The molecule has 138 valence electrons. The Morgan fingerprint density at radius 1 is 1.08 bits per heavy atom. The van der Waals surface area contributed by atoms with Crippen molar-refractivity contribution in [2.75, 3.05) is 33.4 Å². The van der Waals surface area contributed by atoms with Crippen LogP contribution in [0.2, 0.25) is 0 Å². The predicted octanol–water partition coefficient (Wildman–Crippen LogP) is 2.55. The molecule has 0 amide bonds. The standard InChI is InChI=1S/C21H27N3O2/c1-22-21(24-12-14-25-16-18-5-3-2-4-6-18)23-11-9-17-7-8-20-19(15-17)10-13-26-20/h2-8,15H,9-14,16H2,1H3,(H2,22,23,24). The number of guanidine groups is 1. The molecule has 0 bridgehead atoms. The number of nitrogens with one attached hydrogen (secondary N) is 2. The molecule has 5 nitrogen and oxygen atoms in total. The van der Waals surface area contributed by atoms with Crippen molar-refractivity contribution in [1.82, 2.24) is 10.6 Å². The number of benzene rings is 2. The van der Waals surface area contributed by atoms with Gasteiger partial charge < -0.3 is 20.1 Å². The Labute approximate surface area is 155 Å². The summed E-state index contributed by atoms with van der Waals surface area (Å²) in [5, 5.41) is 6.62. The zero-order chi connectivity index (χ0) is 18.0. The number of hydrogen-bond donors (Lipinski definition) is 2. The Hall–Kier alpha value is -2.53. The van der Waals surface area contributed by atoms with Crippen molar-refractivity contribution in [3.8, 4) is 5.75 Å². The highest BCUT2D eigenvalue weighted by Gasteiger charge is 2.11. The van der Waals surface area contributed by atoms with Crippen LogP contribution in [0.25, 0.3) is 0 Å². The van der Waals surface area contributed by atoms with Crippen molar-refractivity contribution in [2.45, 2.75) is 19.4 Å². The molecule has 0 spiro atoms. The predicted molar refractivity (Wildman–Crippen MR) is 105 cm³/mol. The van der Waals surface area contributed by atoms with E-state index >= 15 is 0 Å². The summed E-state index contributed by atoms with van der Waals surface area (Å²) in [6.07, 6.45) is 1.97. The van der Waals surface area contributed by atoms with Gasteiger partial charge in [0.1, 0.15) is 5.75 Å². The van der Waals surface area contributed by atoms with E-state index in [9.17, 15) is 0 Å². The summed E-state index contributed by atoms with van der Waals surface area (Å²) in [5.41, 5.74) is 3.83. The molecule has 2 aromatic rings. The van der Waals surface area contributed by atoms with Crippen molar-refractivity contribution in [2.24, 2.45) is 4.99 Å². The molecule has 1 aliphatic heterocycles. The number of rotatable bonds is 8. The molecule has 2 N–H and O–H groups in total. The van der Waals surface area contributed by atoms with Crippen LogP contribution in [0, 0.1) is 0 Å². The molecule has 1 heterocycles. The summed E-state index contributed by atoms with van der Waals surface area (Å²) in [5.74, 6) is 1.84. The van der Waals surface area contributed by atoms with Gasteiger partial charge in [0.05, 0.1) is 19.8 Å². The average molecular weight is 353 g/mol. The van der Waals surface area contributed by atoms with E-state index in [1.54, 1.807) is 7.05 Å². The van der Waals surface area contributed by atoms with Crippen LogP contribution in [0.5, 0.6) is 5.75 Å². The normalized spacial score (nSPS) is 13.2. The lowest BCUT2D eigenvalue weighted by molar-refractivity contribution is 0.125. The molecule has 0 fully saturated rings. The second kappa shape index (κ2) is 9.82. The molecule has 0 radical (unpaired) electrons. The molecule has 0 saturated carbocycles. The van der Waals surface area contributed by atoms with Gasteiger partial charge in [-0.2, -0.15) is 0 Å². The maximum Gasteiger partial charge on any atom is 0.191 e. The minimum Gasteiger partial charge on any atom is -0.493 e. The van der Waals surface area contributed by atoms with E-state index in [1.165, 1.54) is 16.7 Å². The zero-order valence-electron chi connectivity index (χ0n) is 15.3. The first-order valence-corrected chi connectivity index (χ1v) is 9.16. The van der Waals surface area contributed by atoms with Crippen LogP contribution in [-0.4, -0.2) is 39.3 Å². The summed E-state index contributed by atoms with van der Waals surface area (Å²) < 4.78 is 11.2. The van der Waals surface area contributed by atoms with E-state index in [-0.39, 0.29) is 0 Å². The minimum absolute atomic E-state index is 0.636. The topological polar surface area (TPSA) is 54.9 Å². The fourth-order valence-corrected chi connectivity index (χ4v) is 2.95. The molecule has 2 aromatic carbocycles. The fraction of sp³-hybridized carbons (Fsp3) is 0.381. The number of hydrogen-bond acceptors (Lipinski definition) is 3. The third-order valence-corrected chi connectivity index (χ3v) is 4.33. The third-order valence-electron chi connectivity index (χ3n) is 4.33. The van der Waals surface area contributed by atoms with Gasteiger partial charge in [0.15, 0.2) is 5.96 Å². The van der Waals surface area contributed by atoms with E-state index in [2.05, 4.69) is 46.0 Å². The minimum atomic E-state index is 0.636. The van der Waals surface area contributed by atoms with Crippen LogP contribution < -0.4 is 15.4 Å². The molecular formula is C21H27N3O2. The highest BCUT2D eigenvalue weighted by molar-refractivity contribution is 5.79. The Balaban J connectivity index is 1.31. The average Bonchev–Trinajstić information content (AvgIpc) is 3.15. The van der Waals surface area contributed by atoms with Gasteiger partial charge >= 0.3 is 0 Å². The highest BCUT2D eigenvalue weighted by Crippen LogP contribution is 2.25. The molecule has 0 aromatic heterocycles. The van der Waals surface area contributed by atoms with Crippen LogP contribution in [0.15, 0.2) is 53.5 Å². The van der Waals surface area contributed by atoms with E-state index in [1.807, 2.05) is 18.2 Å². The number of nitrogens with zero attached hydrogens (tertiary/aromatic N) is 1. The summed E-state index contributed by atoms with van der Waals surface area (Å²) in [6.45, 7) is 3.64. The monoisotopic (exact) mass is 353 g/mol. The van der Waals surface area contributed by atoms with Gasteiger partial charge in [-0.3, -0.25) is 4.99 Å². The molecule has 26 heavy (non-hydrogen) atoms. The SMILES string of the molecule is CN=C(NCCOCc1ccccc1)NCCc1ccc2c(c1)CCO2. The molecule has 0 saturated heterocycles. The molecule has 0 atom stereocenters. The molecule has 0 unspecified atom stereocenters. The van der Waals surface area contributed by atoms with E-state index in [0.29, 0.717) is 13.2 Å². The molecule has 1 aliphatic rings. The van der Waals surface area contributed by atoms with Crippen LogP contribution in [-0.2, 0) is 24.2 Å². The molecule has 3 rings (SSSR count). The van der Waals surface area contributed by atoms with Crippen LogP contribution in [0.1, 0.15) is 16.7 Å². The van der Waals surface area contributed by atoms with E-state index in [4.69, 9.17) is 9.47 Å². The van der Waals surface area contributed by atoms with E-state index < -0.39 is 0 Å². The lowest BCUT2D eigenvalue weighted by Crippen LogP contribution is -2.39. The lowest BCUT2D eigenvalue weighted by Gasteiger charge is -2.12. The summed E-state index contributed by atoms with van der Waals surface area (Å²) >= 11 is 0. The molecule has 5 heteroatoms. The Morgan fingerprint density at radius 3 is 2.77 bits per heavy atom. The maximum atomic E-state index is 5.67. The largest absolute Gasteiger partial charge is 0.493 e. The number of fused-ring (bicyclic) bond motifs is 1. The zero-order valence-corrected chi connectivity index (χ0v) is 15.3. The van der Waals surface area contributed by atoms with Crippen LogP contribution in [0.3, 0.4) is 0 Å². The first-order chi connectivity index (χ1) is 12.8. The highest BCUT2D eigenvalue weighted by atomic mass is 16.5. The smallest absolute Gasteiger partial charge is 0.191 e. The number of ether oxygens (including phenoxy) is 2. The van der Waals surface area contributed by atoms with Crippen molar-refractivity contribution in [1.29, 1.82) is 0 Å². The van der Waals surface area contributed by atoms with Gasteiger partial charge in [-0.15, -0.1) is 0 Å².